The fourth-order valence-electron chi connectivity index (χ4n) is 3.27. The number of rotatable bonds is 3. The Bertz CT molecular complexity index is 644. The Morgan fingerprint density at radius 1 is 1.29 bits per heavy atom. The van der Waals surface area contributed by atoms with Gasteiger partial charge in [-0.1, -0.05) is 0 Å². The number of nitriles is 1. The predicted molar refractivity (Wildman–Crippen MR) is 78.2 cm³/mol. The minimum atomic E-state index is -0.821. The second kappa shape index (κ2) is 5.49. The molecule has 5 nitrogen and oxygen atoms in total. The Balaban J connectivity index is 1.72. The monoisotopic (exact) mass is 304 g/mol. The topological polar surface area (TPSA) is 90.2 Å². The van der Waals surface area contributed by atoms with Crippen LogP contribution in [0.15, 0.2) is 0 Å². The zero-order chi connectivity index (χ0) is 15.0. The van der Waals surface area contributed by atoms with Crippen molar-refractivity contribution in [2.45, 2.75) is 38.5 Å². The molecule has 110 valence electrons. The molecule has 1 aromatic heterocycles. The van der Waals surface area contributed by atoms with E-state index in [1.54, 1.807) is 0 Å². The number of fused-ring (bicyclic) bond motifs is 1. The van der Waals surface area contributed by atoms with Crippen LogP contribution in [0.1, 0.15) is 41.7 Å². The number of hydrogen-bond acceptors (Lipinski definition) is 4. The van der Waals surface area contributed by atoms with Gasteiger partial charge in [0.1, 0.15) is 11.1 Å². The lowest BCUT2D eigenvalue weighted by atomic mass is 10.0. The number of anilines is 1. The first kappa shape index (κ1) is 14.1. The van der Waals surface area contributed by atoms with Crippen molar-refractivity contribution in [1.82, 2.24) is 0 Å². The molecule has 1 amide bonds. The Morgan fingerprint density at radius 3 is 2.71 bits per heavy atom. The van der Waals surface area contributed by atoms with E-state index in [2.05, 4.69) is 11.4 Å². The van der Waals surface area contributed by atoms with Crippen molar-refractivity contribution in [2.75, 3.05) is 5.32 Å². The van der Waals surface area contributed by atoms with Crippen LogP contribution in [0.4, 0.5) is 5.00 Å². The Morgan fingerprint density at radius 2 is 2.05 bits per heavy atom. The number of carbonyl (C=O) groups is 2. The molecule has 0 unspecified atom stereocenters. The molecule has 0 bridgehead atoms. The maximum absolute atomic E-state index is 12.3. The van der Waals surface area contributed by atoms with Crippen molar-refractivity contribution in [3.8, 4) is 6.07 Å². The largest absolute Gasteiger partial charge is 0.481 e. The number of aliphatic carboxylic acids is 1. The molecule has 6 heteroatoms. The number of thiophene rings is 1. The number of aryl methyl sites for hydroxylation is 1. The van der Waals surface area contributed by atoms with Gasteiger partial charge < -0.3 is 10.4 Å². The summed E-state index contributed by atoms with van der Waals surface area (Å²) < 4.78 is 0. The number of nitrogens with one attached hydrogen (secondary N) is 1. The molecule has 1 fully saturated rings. The van der Waals surface area contributed by atoms with Crippen LogP contribution in [0, 0.1) is 23.2 Å². The summed E-state index contributed by atoms with van der Waals surface area (Å²) >= 11 is 1.50. The molecule has 0 aromatic carbocycles. The molecule has 3 rings (SSSR count). The highest BCUT2D eigenvalue weighted by molar-refractivity contribution is 7.16. The van der Waals surface area contributed by atoms with Crippen molar-refractivity contribution >= 4 is 28.2 Å². The number of carboxylic acids is 1. The highest BCUT2D eigenvalue weighted by Crippen LogP contribution is 2.39. The van der Waals surface area contributed by atoms with Crippen LogP contribution < -0.4 is 5.32 Å². The maximum atomic E-state index is 12.3. The fraction of sp³-hybridized carbons (Fsp3) is 0.533. The first-order valence-corrected chi connectivity index (χ1v) is 8.00. The van der Waals surface area contributed by atoms with Gasteiger partial charge in [0.15, 0.2) is 0 Å². The van der Waals surface area contributed by atoms with Gasteiger partial charge in [0, 0.05) is 10.8 Å². The summed E-state index contributed by atoms with van der Waals surface area (Å²) in [5.74, 6) is -1.63. The van der Waals surface area contributed by atoms with Crippen LogP contribution in [0.3, 0.4) is 0 Å². The van der Waals surface area contributed by atoms with E-state index in [1.165, 1.54) is 16.2 Å². The average molecular weight is 304 g/mol. The number of carbonyl (C=O) groups excluding carboxylic acids is 1. The minimum absolute atomic E-state index is 0.143. The molecule has 0 aliphatic heterocycles. The third-order valence-electron chi connectivity index (χ3n) is 4.42. The molecule has 1 heterocycles. The zero-order valence-electron chi connectivity index (χ0n) is 11.5. The van der Waals surface area contributed by atoms with Crippen LogP contribution >= 0.6 is 11.3 Å². The number of amides is 1. The molecule has 1 saturated carbocycles. The smallest absolute Gasteiger partial charge is 0.306 e. The van der Waals surface area contributed by atoms with Crippen molar-refractivity contribution in [3.63, 3.8) is 0 Å². The van der Waals surface area contributed by atoms with E-state index >= 15 is 0 Å². The molecule has 2 N–H and O–H groups in total. The van der Waals surface area contributed by atoms with E-state index in [9.17, 15) is 14.9 Å². The van der Waals surface area contributed by atoms with Crippen LogP contribution in [0.5, 0.6) is 0 Å². The number of carboxylic acid groups (broad SMARTS) is 1. The maximum Gasteiger partial charge on any atom is 0.306 e. The van der Waals surface area contributed by atoms with Gasteiger partial charge in [0.05, 0.1) is 11.5 Å². The fourth-order valence-corrected chi connectivity index (χ4v) is 4.51. The average Bonchev–Trinajstić information content (AvgIpc) is 3.13. The Labute approximate surface area is 126 Å². The van der Waals surface area contributed by atoms with Gasteiger partial charge in [-0.25, -0.2) is 0 Å². The van der Waals surface area contributed by atoms with Gasteiger partial charge in [-0.15, -0.1) is 11.3 Å². The van der Waals surface area contributed by atoms with Gasteiger partial charge in [-0.05, 0) is 44.1 Å². The second-order valence-corrected chi connectivity index (χ2v) is 6.81. The Hall–Kier alpha value is -1.87. The predicted octanol–water partition coefficient (Wildman–Crippen LogP) is 2.55. The van der Waals surface area contributed by atoms with Crippen molar-refractivity contribution in [3.05, 3.63) is 16.0 Å². The summed E-state index contributed by atoms with van der Waals surface area (Å²) in [6, 6.07) is 2.20. The summed E-state index contributed by atoms with van der Waals surface area (Å²) in [5.41, 5.74) is 1.70. The molecule has 2 atom stereocenters. The molecule has 21 heavy (non-hydrogen) atoms. The lowest BCUT2D eigenvalue weighted by molar-refractivity contribution is -0.141. The molecular weight excluding hydrogens is 288 g/mol. The van der Waals surface area contributed by atoms with Crippen LogP contribution in [-0.2, 0) is 22.4 Å². The number of nitrogens with zero attached hydrogens (tertiary/aromatic N) is 1. The quantitative estimate of drug-likeness (QED) is 0.898. The van der Waals surface area contributed by atoms with Gasteiger partial charge in [0.25, 0.3) is 0 Å². The van der Waals surface area contributed by atoms with Crippen molar-refractivity contribution < 1.29 is 14.7 Å². The highest BCUT2D eigenvalue weighted by atomic mass is 32.1. The van der Waals surface area contributed by atoms with Gasteiger partial charge >= 0.3 is 5.97 Å². The van der Waals surface area contributed by atoms with E-state index in [1.807, 2.05) is 0 Å². The summed E-state index contributed by atoms with van der Waals surface area (Å²) in [4.78, 5) is 24.4. The van der Waals surface area contributed by atoms with Crippen molar-refractivity contribution in [2.24, 2.45) is 11.8 Å². The Kier molecular flexibility index (Phi) is 3.68. The molecule has 0 spiro atoms. The second-order valence-electron chi connectivity index (χ2n) is 5.71. The minimum Gasteiger partial charge on any atom is -0.481 e. The van der Waals surface area contributed by atoms with E-state index in [0.717, 1.165) is 24.8 Å². The summed E-state index contributed by atoms with van der Waals surface area (Å²) in [6.07, 6.45) is 4.53. The molecule has 0 saturated heterocycles. The lowest BCUT2D eigenvalue weighted by Gasteiger charge is -2.10. The van der Waals surface area contributed by atoms with E-state index in [0.29, 0.717) is 29.8 Å². The van der Waals surface area contributed by atoms with Gasteiger partial charge in [-0.2, -0.15) is 5.26 Å². The van der Waals surface area contributed by atoms with E-state index in [-0.39, 0.29) is 11.8 Å². The summed E-state index contributed by atoms with van der Waals surface area (Å²) in [7, 11) is 0. The highest BCUT2D eigenvalue weighted by Gasteiger charge is 2.34. The standard InChI is InChI=1S/C15H16N2O3S/c16-7-11-10-2-1-3-12(10)21-14(11)17-13(18)8-4-5-9(6-8)15(19)20/h8-9H,1-6H2,(H,17,18)(H,19,20)/t8-,9+/m1/s1. The summed E-state index contributed by atoms with van der Waals surface area (Å²) in [5, 5.41) is 21.8. The van der Waals surface area contributed by atoms with Crippen LogP contribution in [0.2, 0.25) is 0 Å². The normalized spacial score (nSPS) is 23.6. The first-order chi connectivity index (χ1) is 10.1. The molecule has 0 radical (unpaired) electrons. The van der Waals surface area contributed by atoms with E-state index < -0.39 is 11.9 Å². The third kappa shape index (κ3) is 2.54. The molecule has 2 aliphatic rings. The van der Waals surface area contributed by atoms with E-state index in [4.69, 9.17) is 5.11 Å². The number of hydrogen-bond donors (Lipinski definition) is 2. The van der Waals surface area contributed by atoms with Crippen LogP contribution in [0.25, 0.3) is 0 Å². The third-order valence-corrected chi connectivity index (χ3v) is 5.63. The SMILES string of the molecule is N#Cc1c(NC(=O)[C@@H]2CC[C@H](C(=O)O)C2)sc2c1CCC2. The van der Waals surface area contributed by atoms with Gasteiger partial charge in [-0.3, -0.25) is 9.59 Å². The van der Waals surface area contributed by atoms with Crippen LogP contribution in [-0.4, -0.2) is 17.0 Å². The summed E-state index contributed by atoms with van der Waals surface area (Å²) in [6.45, 7) is 0. The molecule has 1 aromatic rings. The molecular formula is C15H16N2O3S. The van der Waals surface area contributed by atoms with Gasteiger partial charge in [0.2, 0.25) is 5.91 Å². The lowest BCUT2D eigenvalue weighted by Crippen LogP contribution is -2.21. The van der Waals surface area contributed by atoms with Crippen molar-refractivity contribution in [1.29, 1.82) is 5.26 Å². The first-order valence-electron chi connectivity index (χ1n) is 7.18. The molecule has 2 aliphatic carbocycles. The zero-order valence-corrected chi connectivity index (χ0v) is 12.3.